The lowest BCUT2D eigenvalue weighted by molar-refractivity contribution is -0.114. The minimum absolute atomic E-state index is 0.0538. The molecule has 0 saturated heterocycles. The molecule has 152 valence electrons. The lowest BCUT2D eigenvalue weighted by Crippen LogP contribution is -2.21. The average molecular weight is 393 g/mol. The largest absolute Gasteiger partial charge is 0.376 e. The van der Waals surface area contributed by atoms with Crippen molar-refractivity contribution in [3.63, 3.8) is 0 Å². The second kappa shape index (κ2) is 11.1. The summed E-state index contributed by atoms with van der Waals surface area (Å²) in [4.78, 5) is 19.3. The Kier molecular flexibility index (Phi) is 7.95. The molecule has 0 aliphatic heterocycles. The molecule has 0 saturated carbocycles. The third kappa shape index (κ3) is 7.50. The van der Waals surface area contributed by atoms with Gasteiger partial charge in [0.25, 0.3) is 0 Å². The van der Waals surface area contributed by atoms with Gasteiger partial charge in [0.2, 0.25) is 5.91 Å². The molecule has 3 aromatic rings. The Balaban J connectivity index is 1.45. The van der Waals surface area contributed by atoms with Crippen LogP contribution in [0.1, 0.15) is 30.9 Å². The van der Waals surface area contributed by atoms with Crippen LogP contribution in [0.2, 0.25) is 0 Å². The molecule has 2 heterocycles. The zero-order valence-corrected chi connectivity index (χ0v) is 16.8. The zero-order chi connectivity index (χ0) is 20.3. The molecular formula is C23H28N4O2. The second-order valence-corrected chi connectivity index (χ2v) is 7.13. The van der Waals surface area contributed by atoms with Crippen molar-refractivity contribution in [2.24, 2.45) is 0 Å². The van der Waals surface area contributed by atoms with Crippen molar-refractivity contribution in [1.82, 2.24) is 14.5 Å². The molecule has 1 unspecified atom stereocenters. The molecule has 1 N–H and O–H groups in total. The van der Waals surface area contributed by atoms with Crippen LogP contribution in [0, 0.1) is 0 Å². The Morgan fingerprint density at radius 3 is 2.48 bits per heavy atom. The van der Waals surface area contributed by atoms with Crippen LogP contribution in [0.3, 0.4) is 0 Å². The first-order valence-corrected chi connectivity index (χ1v) is 10.0. The number of nitrogens with one attached hydrogen (secondary N) is 1. The van der Waals surface area contributed by atoms with E-state index in [1.165, 1.54) is 18.1 Å². The van der Waals surface area contributed by atoms with E-state index in [-0.39, 0.29) is 12.0 Å². The summed E-state index contributed by atoms with van der Waals surface area (Å²) in [5.74, 6) is -0.0538. The molecule has 1 atom stereocenters. The number of rotatable bonds is 11. The predicted molar refractivity (Wildman–Crippen MR) is 114 cm³/mol. The molecule has 2 aromatic heterocycles. The Labute approximate surface area is 172 Å². The summed E-state index contributed by atoms with van der Waals surface area (Å²) in [5.41, 5.74) is 3.35. The number of ether oxygens (including phenoxy) is 1. The van der Waals surface area contributed by atoms with Crippen molar-refractivity contribution in [2.45, 2.75) is 45.3 Å². The van der Waals surface area contributed by atoms with Gasteiger partial charge in [-0.15, -0.1) is 0 Å². The van der Waals surface area contributed by atoms with E-state index in [1.54, 1.807) is 6.20 Å². The molecule has 0 spiro atoms. The van der Waals surface area contributed by atoms with Crippen molar-refractivity contribution in [1.29, 1.82) is 0 Å². The van der Waals surface area contributed by atoms with E-state index in [0.29, 0.717) is 6.61 Å². The average Bonchev–Trinajstić information content (AvgIpc) is 3.24. The molecule has 0 radical (unpaired) electrons. The third-order valence-corrected chi connectivity index (χ3v) is 4.72. The van der Waals surface area contributed by atoms with E-state index in [4.69, 9.17) is 4.74 Å². The van der Waals surface area contributed by atoms with Crippen molar-refractivity contribution >= 4 is 11.6 Å². The standard InChI is InChI=1S/C23H28N4O2/c1-19(28)26-22-7-4-20(5-8-22)3-2-16-29-23(17-27-15-14-25-18-27)9-6-21-10-12-24-13-11-21/h4-5,7-8,10-15,18,23H,2-3,6,9,16-17H2,1H3,(H,26,28). The maximum absolute atomic E-state index is 11.1. The van der Waals surface area contributed by atoms with Gasteiger partial charge in [0.1, 0.15) is 0 Å². The fraction of sp³-hybridized carbons (Fsp3) is 0.348. The van der Waals surface area contributed by atoms with E-state index in [0.717, 1.165) is 37.9 Å². The van der Waals surface area contributed by atoms with E-state index in [1.807, 2.05) is 37.1 Å². The van der Waals surface area contributed by atoms with Crippen LogP contribution in [0.4, 0.5) is 5.69 Å². The lowest BCUT2D eigenvalue weighted by Gasteiger charge is -2.18. The quantitative estimate of drug-likeness (QED) is 0.503. The molecule has 6 nitrogen and oxygen atoms in total. The number of amides is 1. The third-order valence-electron chi connectivity index (χ3n) is 4.72. The van der Waals surface area contributed by atoms with Gasteiger partial charge in [0.15, 0.2) is 0 Å². The van der Waals surface area contributed by atoms with Gasteiger partial charge in [-0.2, -0.15) is 0 Å². The topological polar surface area (TPSA) is 69.0 Å². The molecular weight excluding hydrogens is 364 g/mol. The maximum atomic E-state index is 11.1. The maximum Gasteiger partial charge on any atom is 0.221 e. The number of aryl methyl sites for hydroxylation is 2. The van der Waals surface area contributed by atoms with Crippen LogP contribution in [0.15, 0.2) is 67.5 Å². The van der Waals surface area contributed by atoms with E-state index in [2.05, 4.69) is 44.1 Å². The number of carbonyl (C=O) groups is 1. The van der Waals surface area contributed by atoms with E-state index < -0.39 is 0 Å². The first-order chi connectivity index (χ1) is 14.2. The fourth-order valence-electron chi connectivity index (χ4n) is 3.22. The monoisotopic (exact) mass is 392 g/mol. The number of aromatic nitrogens is 3. The van der Waals surface area contributed by atoms with Gasteiger partial charge in [-0.3, -0.25) is 9.78 Å². The highest BCUT2D eigenvalue weighted by atomic mass is 16.5. The van der Waals surface area contributed by atoms with Gasteiger partial charge in [-0.25, -0.2) is 4.98 Å². The van der Waals surface area contributed by atoms with Gasteiger partial charge < -0.3 is 14.6 Å². The predicted octanol–water partition coefficient (Wildman–Crippen LogP) is 3.89. The molecule has 6 heteroatoms. The van der Waals surface area contributed by atoms with Gasteiger partial charge in [-0.05, 0) is 61.1 Å². The number of carbonyl (C=O) groups excluding carboxylic acids is 1. The van der Waals surface area contributed by atoms with Crippen LogP contribution < -0.4 is 5.32 Å². The summed E-state index contributed by atoms with van der Waals surface area (Å²) >= 11 is 0. The summed E-state index contributed by atoms with van der Waals surface area (Å²) < 4.78 is 8.28. The molecule has 0 aliphatic carbocycles. The van der Waals surface area contributed by atoms with Gasteiger partial charge in [0.05, 0.1) is 12.4 Å². The zero-order valence-electron chi connectivity index (χ0n) is 16.8. The van der Waals surface area contributed by atoms with Crippen LogP contribution >= 0.6 is 0 Å². The number of benzene rings is 1. The first kappa shape index (κ1) is 20.7. The molecule has 1 amide bonds. The van der Waals surface area contributed by atoms with Crippen molar-refractivity contribution in [3.8, 4) is 0 Å². The van der Waals surface area contributed by atoms with Gasteiger partial charge in [-0.1, -0.05) is 12.1 Å². The first-order valence-electron chi connectivity index (χ1n) is 10.0. The Morgan fingerprint density at radius 1 is 1.03 bits per heavy atom. The van der Waals surface area contributed by atoms with Crippen LogP contribution in [-0.4, -0.2) is 33.2 Å². The Hall–Kier alpha value is -2.99. The Morgan fingerprint density at radius 2 is 1.79 bits per heavy atom. The highest BCUT2D eigenvalue weighted by Gasteiger charge is 2.11. The SMILES string of the molecule is CC(=O)Nc1ccc(CCCOC(CCc2ccncc2)Cn2ccnc2)cc1. The Bertz CT molecular complexity index is 848. The number of imidazole rings is 1. The minimum atomic E-state index is -0.0538. The summed E-state index contributed by atoms with van der Waals surface area (Å²) in [6.45, 7) is 3.03. The van der Waals surface area contributed by atoms with Crippen molar-refractivity contribution in [2.75, 3.05) is 11.9 Å². The number of nitrogens with zero attached hydrogens (tertiary/aromatic N) is 3. The number of pyridine rings is 1. The summed E-state index contributed by atoms with van der Waals surface area (Å²) in [6, 6.07) is 12.1. The smallest absolute Gasteiger partial charge is 0.221 e. The molecule has 1 aromatic carbocycles. The van der Waals surface area contributed by atoms with Crippen molar-refractivity contribution < 1.29 is 9.53 Å². The molecule has 0 aliphatic rings. The molecule has 0 fully saturated rings. The summed E-state index contributed by atoms with van der Waals surface area (Å²) in [6.07, 6.45) is 13.2. The fourth-order valence-corrected chi connectivity index (χ4v) is 3.22. The van der Waals surface area contributed by atoms with Gasteiger partial charge >= 0.3 is 0 Å². The lowest BCUT2D eigenvalue weighted by atomic mass is 10.1. The number of anilines is 1. The number of hydrogen-bond donors (Lipinski definition) is 1. The van der Waals surface area contributed by atoms with Crippen LogP contribution in [0.25, 0.3) is 0 Å². The number of hydrogen-bond acceptors (Lipinski definition) is 4. The van der Waals surface area contributed by atoms with Gasteiger partial charge in [0, 0.05) is 50.6 Å². The molecule has 29 heavy (non-hydrogen) atoms. The highest BCUT2D eigenvalue weighted by Crippen LogP contribution is 2.13. The molecule has 3 rings (SSSR count). The summed E-state index contributed by atoms with van der Waals surface area (Å²) in [5, 5.41) is 2.79. The van der Waals surface area contributed by atoms with Crippen molar-refractivity contribution in [3.05, 3.63) is 78.6 Å². The minimum Gasteiger partial charge on any atom is -0.376 e. The van der Waals surface area contributed by atoms with Crippen LogP contribution in [-0.2, 0) is 28.9 Å². The molecule has 0 bridgehead atoms. The van der Waals surface area contributed by atoms with E-state index in [9.17, 15) is 4.79 Å². The highest BCUT2D eigenvalue weighted by molar-refractivity contribution is 5.88. The van der Waals surface area contributed by atoms with Crippen LogP contribution in [0.5, 0.6) is 0 Å². The summed E-state index contributed by atoms with van der Waals surface area (Å²) in [7, 11) is 0. The normalized spacial score (nSPS) is 11.9. The second-order valence-electron chi connectivity index (χ2n) is 7.13. The van der Waals surface area contributed by atoms with E-state index >= 15 is 0 Å².